The number of hydrogen-bond acceptors (Lipinski definition) is 1. The van der Waals surface area contributed by atoms with E-state index in [4.69, 9.17) is 0 Å². The molecule has 86 valence electrons. The molecule has 0 aromatic heterocycles. The van der Waals surface area contributed by atoms with E-state index in [0.717, 1.165) is 25.0 Å². The van der Waals surface area contributed by atoms with Crippen LogP contribution >= 0.6 is 15.9 Å². The Balaban J connectivity index is 2.39. The van der Waals surface area contributed by atoms with Crippen LogP contribution in [0.1, 0.15) is 30.9 Å². The van der Waals surface area contributed by atoms with Crippen LogP contribution in [0.3, 0.4) is 0 Å². The van der Waals surface area contributed by atoms with Crippen molar-refractivity contribution in [2.75, 3.05) is 0 Å². The zero-order valence-electron chi connectivity index (χ0n) is 8.51. The predicted octanol–water partition coefficient (Wildman–Crippen LogP) is 3.87. The van der Waals surface area contributed by atoms with Crippen LogP contribution in [0.15, 0.2) is 28.3 Å². The molecule has 0 spiro atoms. The molecule has 0 amide bonds. The molecule has 1 unspecified atom stereocenters. The maximum atomic E-state index is 13.6. The number of aliphatic hydroxyl groups excluding tert-OH is 1. The molecular weight excluding hydrogens is 278 g/mol. The van der Waals surface area contributed by atoms with Crippen molar-refractivity contribution >= 4 is 15.9 Å². The van der Waals surface area contributed by atoms with Crippen LogP contribution in [0.4, 0.5) is 8.78 Å². The van der Waals surface area contributed by atoms with Gasteiger partial charge in [0.25, 0.3) is 0 Å². The first-order valence-corrected chi connectivity index (χ1v) is 5.90. The van der Waals surface area contributed by atoms with Gasteiger partial charge in [-0.15, -0.1) is 0 Å². The van der Waals surface area contributed by atoms with Gasteiger partial charge in [0, 0.05) is 4.47 Å². The van der Waals surface area contributed by atoms with Gasteiger partial charge in [0.15, 0.2) is 0 Å². The molecule has 0 saturated carbocycles. The van der Waals surface area contributed by atoms with E-state index in [1.54, 1.807) is 0 Å². The van der Waals surface area contributed by atoms with E-state index < -0.39 is 17.7 Å². The molecule has 0 fully saturated rings. The van der Waals surface area contributed by atoms with E-state index in [-0.39, 0.29) is 5.56 Å². The molecule has 1 aromatic rings. The van der Waals surface area contributed by atoms with Gasteiger partial charge in [-0.1, -0.05) is 22.0 Å². The van der Waals surface area contributed by atoms with Crippen molar-refractivity contribution in [3.63, 3.8) is 0 Å². The van der Waals surface area contributed by atoms with Crippen LogP contribution in [0, 0.1) is 11.6 Å². The predicted molar refractivity (Wildman–Crippen MR) is 61.0 cm³/mol. The molecule has 1 N–H and O–H groups in total. The number of rotatable bonds is 2. The summed E-state index contributed by atoms with van der Waals surface area (Å²) < 4.78 is 27.4. The Morgan fingerprint density at radius 2 is 1.88 bits per heavy atom. The summed E-state index contributed by atoms with van der Waals surface area (Å²) in [6, 6.07) is 2.33. The molecule has 1 aromatic carbocycles. The van der Waals surface area contributed by atoms with Crippen LogP contribution in [0.25, 0.3) is 0 Å². The molecule has 0 heterocycles. The minimum atomic E-state index is -1.16. The number of allylic oxidation sites excluding steroid dienone is 1. The summed E-state index contributed by atoms with van der Waals surface area (Å²) in [5.41, 5.74) is 0.455. The standard InChI is InChI=1S/C12H11BrF2O/c13-8-5-9(14)11(10(15)6-8)12(16)7-3-1-2-4-7/h3,5-6,12,16H,1-2,4H2. The summed E-state index contributed by atoms with van der Waals surface area (Å²) in [6.45, 7) is 0. The average molecular weight is 289 g/mol. The molecule has 0 aliphatic heterocycles. The maximum Gasteiger partial charge on any atom is 0.133 e. The third-order valence-corrected chi connectivity index (χ3v) is 3.20. The first kappa shape index (κ1) is 11.7. The normalized spacial score (nSPS) is 17.4. The Labute approximate surface area is 101 Å². The van der Waals surface area contributed by atoms with Gasteiger partial charge in [0.05, 0.1) is 5.56 Å². The quantitative estimate of drug-likeness (QED) is 0.819. The number of benzene rings is 1. The van der Waals surface area contributed by atoms with Crippen LogP contribution in [-0.2, 0) is 0 Å². The van der Waals surface area contributed by atoms with Crippen LogP contribution < -0.4 is 0 Å². The van der Waals surface area contributed by atoms with Crippen molar-refractivity contribution in [3.05, 3.63) is 45.5 Å². The van der Waals surface area contributed by atoms with Crippen molar-refractivity contribution in [1.29, 1.82) is 0 Å². The maximum absolute atomic E-state index is 13.6. The van der Waals surface area contributed by atoms with E-state index in [9.17, 15) is 13.9 Å². The van der Waals surface area contributed by atoms with E-state index in [1.165, 1.54) is 0 Å². The van der Waals surface area contributed by atoms with E-state index >= 15 is 0 Å². The summed E-state index contributed by atoms with van der Waals surface area (Å²) in [5.74, 6) is -1.43. The highest BCUT2D eigenvalue weighted by Gasteiger charge is 2.23. The summed E-state index contributed by atoms with van der Waals surface area (Å²) in [4.78, 5) is 0. The van der Waals surface area contributed by atoms with Gasteiger partial charge in [0.1, 0.15) is 17.7 Å². The molecule has 1 aliphatic rings. The highest BCUT2D eigenvalue weighted by atomic mass is 79.9. The third-order valence-electron chi connectivity index (χ3n) is 2.74. The number of aliphatic hydroxyl groups is 1. The second kappa shape index (κ2) is 4.63. The summed E-state index contributed by atoms with van der Waals surface area (Å²) in [7, 11) is 0. The molecule has 0 saturated heterocycles. The SMILES string of the molecule is OC(C1=CCCC1)c1c(F)cc(Br)cc1F. The Hall–Kier alpha value is -0.740. The van der Waals surface area contributed by atoms with Crippen LogP contribution in [0.2, 0.25) is 0 Å². The minimum Gasteiger partial charge on any atom is -0.384 e. The zero-order valence-corrected chi connectivity index (χ0v) is 10.1. The lowest BCUT2D eigenvalue weighted by Gasteiger charge is -2.14. The lowest BCUT2D eigenvalue weighted by Crippen LogP contribution is -2.06. The lowest BCUT2D eigenvalue weighted by molar-refractivity contribution is 0.201. The van der Waals surface area contributed by atoms with Crippen LogP contribution in [-0.4, -0.2) is 5.11 Å². The largest absolute Gasteiger partial charge is 0.384 e. The molecular formula is C12H11BrF2O. The summed E-state index contributed by atoms with van der Waals surface area (Å²) in [5, 5.41) is 9.91. The second-order valence-electron chi connectivity index (χ2n) is 3.86. The fourth-order valence-corrected chi connectivity index (χ4v) is 2.35. The van der Waals surface area contributed by atoms with Crippen LogP contribution in [0.5, 0.6) is 0 Å². The first-order chi connectivity index (χ1) is 7.59. The lowest BCUT2D eigenvalue weighted by atomic mass is 10.00. The number of halogens is 3. The Morgan fingerprint density at radius 3 is 2.38 bits per heavy atom. The van der Waals surface area contributed by atoms with Crippen molar-refractivity contribution < 1.29 is 13.9 Å². The molecule has 16 heavy (non-hydrogen) atoms. The van der Waals surface area contributed by atoms with Gasteiger partial charge in [-0.25, -0.2) is 8.78 Å². The second-order valence-corrected chi connectivity index (χ2v) is 4.77. The van der Waals surface area contributed by atoms with Gasteiger partial charge < -0.3 is 5.11 Å². The molecule has 0 radical (unpaired) electrons. The smallest absolute Gasteiger partial charge is 0.133 e. The first-order valence-electron chi connectivity index (χ1n) is 5.11. The van der Waals surface area contributed by atoms with Gasteiger partial charge in [0.2, 0.25) is 0 Å². The van der Waals surface area contributed by atoms with Gasteiger partial charge in [-0.2, -0.15) is 0 Å². The summed E-state index contributed by atoms with van der Waals surface area (Å²) in [6.07, 6.45) is 3.20. The Bertz CT molecular complexity index is 420. The number of hydrogen-bond donors (Lipinski definition) is 1. The molecule has 1 atom stereocenters. The Kier molecular flexibility index (Phi) is 3.40. The van der Waals surface area contributed by atoms with E-state index in [2.05, 4.69) is 15.9 Å². The van der Waals surface area contributed by atoms with Crippen molar-refractivity contribution in [2.24, 2.45) is 0 Å². The molecule has 1 nitrogen and oxygen atoms in total. The molecule has 0 bridgehead atoms. The van der Waals surface area contributed by atoms with E-state index in [0.29, 0.717) is 16.5 Å². The highest BCUT2D eigenvalue weighted by molar-refractivity contribution is 9.10. The van der Waals surface area contributed by atoms with Crippen molar-refractivity contribution in [3.8, 4) is 0 Å². The fraction of sp³-hybridized carbons (Fsp3) is 0.333. The van der Waals surface area contributed by atoms with Gasteiger partial charge >= 0.3 is 0 Å². The van der Waals surface area contributed by atoms with Crippen molar-refractivity contribution in [1.82, 2.24) is 0 Å². The Morgan fingerprint density at radius 1 is 1.25 bits per heavy atom. The molecule has 4 heteroatoms. The topological polar surface area (TPSA) is 20.2 Å². The van der Waals surface area contributed by atoms with Crippen molar-refractivity contribution in [2.45, 2.75) is 25.4 Å². The monoisotopic (exact) mass is 288 g/mol. The minimum absolute atomic E-state index is 0.253. The zero-order chi connectivity index (χ0) is 11.7. The fourth-order valence-electron chi connectivity index (χ4n) is 1.94. The van der Waals surface area contributed by atoms with Gasteiger partial charge in [-0.3, -0.25) is 0 Å². The average Bonchev–Trinajstić information content (AvgIpc) is 2.67. The third kappa shape index (κ3) is 2.18. The van der Waals surface area contributed by atoms with Gasteiger partial charge in [-0.05, 0) is 37.0 Å². The van der Waals surface area contributed by atoms with E-state index in [1.807, 2.05) is 6.08 Å². The molecule has 2 rings (SSSR count). The summed E-state index contributed by atoms with van der Waals surface area (Å²) >= 11 is 3.00. The highest BCUT2D eigenvalue weighted by Crippen LogP contribution is 2.34. The molecule has 1 aliphatic carbocycles.